The predicted octanol–water partition coefficient (Wildman–Crippen LogP) is 2.54. The Morgan fingerprint density at radius 2 is 2.18 bits per heavy atom. The van der Waals surface area contributed by atoms with Crippen LogP contribution in [0.3, 0.4) is 0 Å². The van der Waals surface area contributed by atoms with Crippen LogP contribution in [0.15, 0.2) is 16.6 Å². The summed E-state index contributed by atoms with van der Waals surface area (Å²) in [6.45, 7) is 1.84. The molecule has 0 N–H and O–H groups in total. The number of hydrogen-bond acceptors (Lipinski definition) is 5. The topological polar surface area (TPSA) is 78.7 Å². The molecule has 92 valence electrons. The Morgan fingerprint density at radius 1 is 1.53 bits per heavy atom. The maximum Gasteiger partial charge on any atom is 0.342 e. The average molecular weight is 304 g/mol. The van der Waals surface area contributed by atoms with Gasteiger partial charge in [0.15, 0.2) is 0 Å². The van der Waals surface area contributed by atoms with Gasteiger partial charge in [0.2, 0.25) is 0 Å². The zero-order valence-electron chi connectivity index (χ0n) is 9.23. The minimum absolute atomic E-state index is 0.0317. The van der Waals surface area contributed by atoms with Crippen LogP contribution in [0, 0.1) is 10.1 Å². The molecule has 0 atom stereocenters. The van der Waals surface area contributed by atoms with Gasteiger partial charge in [0.25, 0.3) is 5.69 Å². The van der Waals surface area contributed by atoms with E-state index in [9.17, 15) is 14.9 Å². The lowest BCUT2D eigenvalue weighted by molar-refractivity contribution is -0.385. The summed E-state index contributed by atoms with van der Waals surface area (Å²) in [6.07, 6.45) is 0. The van der Waals surface area contributed by atoms with E-state index in [-0.39, 0.29) is 28.1 Å². The molecule has 0 radical (unpaired) electrons. The molecule has 1 rings (SSSR count). The Bertz CT molecular complexity index is 460. The van der Waals surface area contributed by atoms with Crippen LogP contribution < -0.4 is 4.74 Å². The van der Waals surface area contributed by atoms with Gasteiger partial charge in [0, 0.05) is 12.1 Å². The largest absolute Gasteiger partial charge is 0.496 e. The number of benzene rings is 1. The molecule has 0 bridgehead atoms. The van der Waals surface area contributed by atoms with E-state index in [1.165, 1.54) is 13.2 Å². The number of rotatable bonds is 4. The molecule has 7 heteroatoms. The van der Waals surface area contributed by atoms with Crippen molar-refractivity contribution in [3.05, 3.63) is 32.3 Å². The highest BCUT2D eigenvalue weighted by Gasteiger charge is 2.21. The van der Waals surface area contributed by atoms with E-state index in [1.807, 2.05) is 0 Å². The second kappa shape index (κ2) is 5.62. The summed E-state index contributed by atoms with van der Waals surface area (Å²) in [5, 5.41) is 10.7. The van der Waals surface area contributed by atoms with E-state index < -0.39 is 10.9 Å². The van der Waals surface area contributed by atoms with Crippen LogP contribution in [-0.2, 0) is 4.74 Å². The molecule has 0 aromatic heterocycles. The first-order valence-corrected chi connectivity index (χ1v) is 5.49. The van der Waals surface area contributed by atoms with Crippen LogP contribution in [-0.4, -0.2) is 24.6 Å². The van der Waals surface area contributed by atoms with Crippen LogP contribution in [0.4, 0.5) is 5.69 Å². The molecule has 17 heavy (non-hydrogen) atoms. The van der Waals surface area contributed by atoms with Crippen molar-refractivity contribution in [3.63, 3.8) is 0 Å². The van der Waals surface area contributed by atoms with Gasteiger partial charge in [-0.15, -0.1) is 0 Å². The number of methoxy groups -OCH3 is 1. The minimum atomic E-state index is -0.653. The fourth-order valence-corrected chi connectivity index (χ4v) is 1.69. The van der Waals surface area contributed by atoms with Crippen molar-refractivity contribution in [3.8, 4) is 5.75 Å². The molecule has 0 heterocycles. The van der Waals surface area contributed by atoms with Gasteiger partial charge in [-0.05, 0) is 22.9 Å². The number of ether oxygens (including phenoxy) is 2. The van der Waals surface area contributed by atoms with Crippen molar-refractivity contribution in [2.75, 3.05) is 13.7 Å². The molecule has 0 fully saturated rings. The molecule has 1 aromatic carbocycles. The molecule has 0 aliphatic rings. The van der Waals surface area contributed by atoms with Gasteiger partial charge >= 0.3 is 5.97 Å². The molecule has 0 aliphatic heterocycles. The summed E-state index contributed by atoms with van der Waals surface area (Å²) in [7, 11) is 1.37. The Labute approximate surface area is 106 Å². The van der Waals surface area contributed by atoms with Gasteiger partial charge in [-0.25, -0.2) is 4.79 Å². The monoisotopic (exact) mass is 303 g/mol. The smallest absolute Gasteiger partial charge is 0.342 e. The van der Waals surface area contributed by atoms with Gasteiger partial charge in [0.05, 0.1) is 23.1 Å². The van der Waals surface area contributed by atoms with Crippen molar-refractivity contribution >= 4 is 27.6 Å². The summed E-state index contributed by atoms with van der Waals surface area (Å²) in [5.74, 6) is -0.430. The molecular formula is C10H10BrNO5. The second-order valence-corrected chi connectivity index (χ2v) is 3.84. The van der Waals surface area contributed by atoms with Gasteiger partial charge in [-0.2, -0.15) is 0 Å². The lowest BCUT2D eigenvalue weighted by Gasteiger charge is -2.08. The van der Waals surface area contributed by atoms with E-state index >= 15 is 0 Å². The molecule has 0 spiro atoms. The third-order valence-corrected chi connectivity index (χ3v) is 2.60. The normalized spacial score (nSPS) is 9.82. The number of carbonyl (C=O) groups excluding carboxylic acids is 1. The number of nitro groups is 1. The second-order valence-electron chi connectivity index (χ2n) is 2.98. The number of carbonyl (C=O) groups is 1. The van der Waals surface area contributed by atoms with Crippen molar-refractivity contribution in [1.82, 2.24) is 0 Å². The van der Waals surface area contributed by atoms with Crippen LogP contribution in [0.1, 0.15) is 17.3 Å². The van der Waals surface area contributed by atoms with Crippen LogP contribution >= 0.6 is 15.9 Å². The molecule has 6 nitrogen and oxygen atoms in total. The van der Waals surface area contributed by atoms with Gasteiger partial charge in [-0.1, -0.05) is 0 Å². The molecular weight excluding hydrogens is 294 g/mol. The van der Waals surface area contributed by atoms with E-state index in [4.69, 9.17) is 9.47 Å². The quantitative estimate of drug-likeness (QED) is 0.485. The van der Waals surface area contributed by atoms with E-state index in [2.05, 4.69) is 15.9 Å². The summed E-state index contributed by atoms with van der Waals surface area (Å²) in [4.78, 5) is 21.7. The van der Waals surface area contributed by atoms with Crippen LogP contribution in [0.2, 0.25) is 0 Å². The summed E-state index contributed by atoms with van der Waals surface area (Å²) in [6, 6.07) is 2.49. The van der Waals surface area contributed by atoms with E-state index in [0.29, 0.717) is 0 Å². The summed E-state index contributed by atoms with van der Waals surface area (Å²) < 4.78 is 10.0. The fourth-order valence-electron chi connectivity index (χ4n) is 1.22. The summed E-state index contributed by atoms with van der Waals surface area (Å²) in [5.41, 5.74) is -0.182. The first-order chi connectivity index (χ1) is 8.01. The Hall–Kier alpha value is -1.63. The first kappa shape index (κ1) is 13.4. The SMILES string of the molecule is CCOC(=O)c1cc([N+](=O)[O-])c(Br)cc1OC. The highest BCUT2D eigenvalue weighted by atomic mass is 79.9. The van der Waals surface area contributed by atoms with E-state index in [0.717, 1.165) is 6.07 Å². The van der Waals surface area contributed by atoms with Crippen LogP contribution in [0.5, 0.6) is 5.75 Å². The number of hydrogen-bond donors (Lipinski definition) is 0. The maximum atomic E-state index is 11.6. The highest BCUT2D eigenvalue weighted by molar-refractivity contribution is 9.10. The minimum Gasteiger partial charge on any atom is -0.496 e. The Balaban J connectivity index is 3.31. The molecule has 0 aliphatic carbocycles. The molecule has 1 aromatic rings. The molecule has 0 saturated carbocycles. The fraction of sp³-hybridized carbons (Fsp3) is 0.300. The van der Waals surface area contributed by atoms with Gasteiger partial charge in [0.1, 0.15) is 11.3 Å². The number of nitrogens with zero attached hydrogens (tertiary/aromatic N) is 1. The number of esters is 1. The lowest BCUT2D eigenvalue weighted by atomic mass is 10.2. The average Bonchev–Trinajstić information content (AvgIpc) is 2.28. The van der Waals surface area contributed by atoms with E-state index in [1.54, 1.807) is 6.92 Å². The zero-order chi connectivity index (χ0) is 13.0. The van der Waals surface area contributed by atoms with Crippen molar-refractivity contribution in [1.29, 1.82) is 0 Å². The van der Waals surface area contributed by atoms with Crippen LogP contribution in [0.25, 0.3) is 0 Å². The van der Waals surface area contributed by atoms with Gasteiger partial charge < -0.3 is 9.47 Å². The standard InChI is InChI=1S/C10H10BrNO5/c1-3-17-10(13)6-4-8(12(14)15)7(11)5-9(6)16-2/h4-5H,3H2,1-2H3. The van der Waals surface area contributed by atoms with Crippen molar-refractivity contribution in [2.45, 2.75) is 6.92 Å². The Morgan fingerprint density at radius 3 is 2.65 bits per heavy atom. The third kappa shape index (κ3) is 2.94. The first-order valence-electron chi connectivity index (χ1n) is 4.70. The molecule has 0 unspecified atom stereocenters. The number of nitro benzene ring substituents is 1. The van der Waals surface area contributed by atoms with Crippen molar-refractivity contribution in [2.24, 2.45) is 0 Å². The lowest BCUT2D eigenvalue weighted by Crippen LogP contribution is -2.07. The molecule has 0 saturated heterocycles. The van der Waals surface area contributed by atoms with Gasteiger partial charge in [-0.3, -0.25) is 10.1 Å². The maximum absolute atomic E-state index is 11.6. The van der Waals surface area contributed by atoms with Crippen molar-refractivity contribution < 1.29 is 19.2 Å². The predicted molar refractivity (Wildman–Crippen MR) is 63.3 cm³/mol. The zero-order valence-corrected chi connectivity index (χ0v) is 10.8. The third-order valence-electron chi connectivity index (χ3n) is 1.96. The highest BCUT2D eigenvalue weighted by Crippen LogP contribution is 2.32. The summed E-state index contributed by atoms with van der Waals surface area (Å²) >= 11 is 3.04. The molecule has 0 amide bonds. The Kier molecular flexibility index (Phi) is 4.45. The number of halogens is 1.